The first-order valence-corrected chi connectivity index (χ1v) is 9.60. The van der Waals surface area contributed by atoms with Crippen molar-refractivity contribution in [2.24, 2.45) is 0 Å². The number of likely N-dealkylation sites (tertiary alicyclic amines) is 1. The lowest BCUT2D eigenvalue weighted by atomic mass is 9.96. The molecular weight excluding hydrogens is 378 g/mol. The molecule has 0 radical (unpaired) electrons. The number of carbonyl (C=O) groups is 2. The standard InChI is InChI=1S/C21H20ClN3O3/c1-13(26)23-17-4-2-3-15(11-17)21(27)25-9-7-14(8-10-25)20-24-18-12-16(22)5-6-19(18)28-20/h2-6,11-12,14H,7-10H2,1H3,(H,23,26). The molecule has 1 aliphatic heterocycles. The highest BCUT2D eigenvalue weighted by molar-refractivity contribution is 6.31. The lowest BCUT2D eigenvalue weighted by Crippen LogP contribution is -2.38. The maximum atomic E-state index is 12.8. The minimum absolute atomic E-state index is 0.0324. The molecular formula is C21H20ClN3O3. The van der Waals surface area contributed by atoms with Gasteiger partial charge in [0.25, 0.3) is 5.91 Å². The number of aromatic nitrogens is 1. The van der Waals surface area contributed by atoms with E-state index in [1.165, 1.54) is 6.92 Å². The quantitative estimate of drug-likeness (QED) is 0.708. The van der Waals surface area contributed by atoms with Gasteiger partial charge in [-0.2, -0.15) is 0 Å². The lowest BCUT2D eigenvalue weighted by molar-refractivity contribution is -0.114. The molecule has 1 fully saturated rings. The molecule has 1 N–H and O–H groups in total. The van der Waals surface area contributed by atoms with Gasteiger partial charge in [-0.1, -0.05) is 17.7 Å². The van der Waals surface area contributed by atoms with E-state index in [4.69, 9.17) is 16.0 Å². The number of amides is 2. The van der Waals surface area contributed by atoms with Crippen molar-refractivity contribution >= 4 is 40.2 Å². The Labute approximate surface area is 167 Å². The van der Waals surface area contributed by atoms with Crippen molar-refractivity contribution in [3.63, 3.8) is 0 Å². The number of oxazole rings is 1. The van der Waals surface area contributed by atoms with E-state index in [2.05, 4.69) is 10.3 Å². The summed E-state index contributed by atoms with van der Waals surface area (Å²) in [5.41, 5.74) is 2.68. The van der Waals surface area contributed by atoms with Crippen LogP contribution in [0.3, 0.4) is 0 Å². The van der Waals surface area contributed by atoms with Gasteiger partial charge in [-0.05, 0) is 49.2 Å². The summed E-state index contributed by atoms with van der Waals surface area (Å²) in [5, 5.41) is 3.34. The van der Waals surface area contributed by atoms with Crippen LogP contribution >= 0.6 is 11.6 Å². The number of carbonyl (C=O) groups excluding carboxylic acids is 2. The first-order valence-electron chi connectivity index (χ1n) is 9.22. The molecule has 0 spiro atoms. The fourth-order valence-electron chi connectivity index (χ4n) is 3.54. The first kappa shape index (κ1) is 18.5. The second-order valence-corrected chi connectivity index (χ2v) is 7.43. The number of rotatable bonds is 3. The van der Waals surface area contributed by atoms with Gasteiger partial charge in [0.2, 0.25) is 5.91 Å². The van der Waals surface area contributed by atoms with Gasteiger partial charge in [0, 0.05) is 42.2 Å². The van der Waals surface area contributed by atoms with Gasteiger partial charge in [0.1, 0.15) is 5.52 Å². The van der Waals surface area contributed by atoms with E-state index in [9.17, 15) is 9.59 Å². The molecule has 1 aromatic heterocycles. The third-order valence-electron chi connectivity index (χ3n) is 4.93. The van der Waals surface area contributed by atoms with Crippen molar-refractivity contribution in [1.29, 1.82) is 0 Å². The fourth-order valence-corrected chi connectivity index (χ4v) is 3.70. The summed E-state index contributed by atoms with van der Waals surface area (Å²) >= 11 is 6.02. The molecule has 28 heavy (non-hydrogen) atoms. The van der Waals surface area contributed by atoms with E-state index < -0.39 is 0 Å². The molecule has 0 unspecified atom stereocenters. The highest BCUT2D eigenvalue weighted by atomic mass is 35.5. The molecule has 0 saturated carbocycles. The number of fused-ring (bicyclic) bond motifs is 1. The zero-order valence-corrected chi connectivity index (χ0v) is 16.2. The lowest BCUT2D eigenvalue weighted by Gasteiger charge is -2.30. The zero-order chi connectivity index (χ0) is 19.7. The molecule has 144 valence electrons. The van der Waals surface area contributed by atoms with Crippen molar-refractivity contribution in [2.45, 2.75) is 25.7 Å². The van der Waals surface area contributed by atoms with Crippen molar-refractivity contribution in [1.82, 2.24) is 9.88 Å². The van der Waals surface area contributed by atoms with Crippen LogP contribution in [0.1, 0.15) is 41.9 Å². The Morgan fingerprint density at radius 1 is 1.18 bits per heavy atom. The Hall–Kier alpha value is -2.86. The van der Waals surface area contributed by atoms with E-state index in [0.29, 0.717) is 35.3 Å². The van der Waals surface area contributed by atoms with Crippen LogP contribution in [0, 0.1) is 0 Å². The van der Waals surface area contributed by atoms with Crippen LogP contribution in [0.15, 0.2) is 46.9 Å². The predicted octanol–water partition coefficient (Wildman–Crippen LogP) is 4.46. The van der Waals surface area contributed by atoms with Gasteiger partial charge < -0.3 is 14.6 Å². The smallest absolute Gasteiger partial charge is 0.253 e. The molecule has 7 heteroatoms. The van der Waals surface area contributed by atoms with E-state index >= 15 is 0 Å². The summed E-state index contributed by atoms with van der Waals surface area (Å²) in [7, 11) is 0. The Bertz CT molecular complexity index is 1040. The summed E-state index contributed by atoms with van der Waals surface area (Å²) in [6.07, 6.45) is 1.58. The molecule has 1 aliphatic rings. The Balaban J connectivity index is 1.43. The Morgan fingerprint density at radius 3 is 2.71 bits per heavy atom. The second-order valence-electron chi connectivity index (χ2n) is 6.99. The van der Waals surface area contributed by atoms with Gasteiger partial charge in [0.05, 0.1) is 0 Å². The molecule has 6 nitrogen and oxygen atoms in total. The monoisotopic (exact) mass is 397 g/mol. The summed E-state index contributed by atoms with van der Waals surface area (Å²) in [4.78, 5) is 30.4. The number of anilines is 1. The highest BCUT2D eigenvalue weighted by Crippen LogP contribution is 2.31. The van der Waals surface area contributed by atoms with E-state index in [-0.39, 0.29) is 17.7 Å². The normalized spacial score (nSPS) is 15.0. The Morgan fingerprint density at radius 2 is 1.96 bits per heavy atom. The van der Waals surface area contributed by atoms with Crippen LogP contribution in [-0.2, 0) is 4.79 Å². The molecule has 3 aromatic rings. The van der Waals surface area contributed by atoms with E-state index in [0.717, 1.165) is 23.9 Å². The van der Waals surface area contributed by atoms with Gasteiger partial charge in [-0.25, -0.2) is 4.98 Å². The fraction of sp³-hybridized carbons (Fsp3) is 0.286. The van der Waals surface area contributed by atoms with Crippen molar-refractivity contribution in [3.8, 4) is 0 Å². The van der Waals surface area contributed by atoms with Gasteiger partial charge >= 0.3 is 0 Å². The SMILES string of the molecule is CC(=O)Nc1cccc(C(=O)N2CCC(c3nc4cc(Cl)ccc4o3)CC2)c1. The molecule has 1 saturated heterocycles. The average molecular weight is 398 g/mol. The predicted molar refractivity (Wildman–Crippen MR) is 108 cm³/mol. The van der Waals surface area contributed by atoms with Crippen molar-refractivity contribution in [3.05, 3.63) is 58.9 Å². The van der Waals surface area contributed by atoms with Gasteiger partial charge in [0.15, 0.2) is 11.5 Å². The number of hydrogen-bond donors (Lipinski definition) is 1. The van der Waals surface area contributed by atoms with Crippen molar-refractivity contribution in [2.75, 3.05) is 18.4 Å². The van der Waals surface area contributed by atoms with Crippen LogP contribution in [0.2, 0.25) is 5.02 Å². The van der Waals surface area contributed by atoms with Gasteiger partial charge in [-0.15, -0.1) is 0 Å². The maximum Gasteiger partial charge on any atom is 0.253 e. The first-order chi connectivity index (χ1) is 13.5. The van der Waals surface area contributed by atoms with E-state index in [1.807, 2.05) is 11.0 Å². The summed E-state index contributed by atoms with van der Waals surface area (Å²) in [6.45, 7) is 2.71. The third-order valence-corrected chi connectivity index (χ3v) is 5.16. The number of nitrogens with one attached hydrogen (secondary N) is 1. The molecule has 2 aromatic carbocycles. The minimum atomic E-state index is -0.162. The average Bonchev–Trinajstić information content (AvgIpc) is 3.10. The van der Waals surface area contributed by atoms with E-state index in [1.54, 1.807) is 36.4 Å². The second kappa shape index (κ2) is 7.64. The number of halogens is 1. The number of benzene rings is 2. The molecule has 2 amide bonds. The molecule has 0 bridgehead atoms. The Kier molecular flexibility index (Phi) is 5.05. The zero-order valence-electron chi connectivity index (χ0n) is 15.4. The molecule has 2 heterocycles. The van der Waals surface area contributed by atoms with Crippen molar-refractivity contribution < 1.29 is 14.0 Å². The maximum absolute atomic E-state index is 12.8. The van der Waals surface area contributed by atoms with Crippen LogP contribution in [0.4, 0.5) is 5.69 Å². The summed E-state index contributed by atoms with van der Waals surface area (Å²) in [6, 6.07) is 12.4. The van der Waals surface area contributed by atoms with Gasteiger partial charge in [-0.3, -0.25) is 9.59 Å². The number of hydrogen-bond acceptors (Lipinski definition) is 4. The number of piperidine rings is 1. The summed E-state index contributed by atoms with van der Waals surface area (Å²) in [5.74, 6) is 0.693. The molecule has 0 aliphatic carbocycles. The van der Waals surface area contributed by atoms with Crippen LogP contribution in [0.25, 0.3) is 11.1 Å². The minimum Gasteiger partial charge on any atom is -0.440 e. The molecule has 4 rings (SSSR count). The topological polar surface area (TPSA) is 75.4 Å². The number of nitrogens with zero attached hydrogens (tertiary/aromatic N) is 2. The van der Waals surface area contributed by atoms with Crippen LogP contribution < -0.4 is 5.32 Å². The van der Waals surface area contributed by atoms with Crippen LogP contribution in [0.5, 0.6) is 0 Å². The third kappa shape index (κ3) is 3.87. The largest absolute Gasteiger partial charge is 0.440 e. The summed E-state index contributed by atoms with van der Waals surface area (Å²) < 4.78 is 5.88. The molecule has 0 atom stereocenters. The highest BCUT2D eigenvalue weighted by Gasteiger charge is 2.27. The van der Waals surface area contributed by atoms with Crippen LogP contribution in [-0.4, -0.2) is 34.8 Å².